The molecule has 3 N–H and O–H groups in total. The van der Waals surface area contributed by atoms with E-state index < -0.39 is 17.7 Å². The highest BCUT2D eigenvalue weighted by atomic mass is 19.1. The smallest absolute Gasteiger partial charge is 0.319 e. The zero-order valence-corrected chi connectivity index (χ0v) is 23.7. The topological polar surface area (TPSA) is 113 Å². The lowest BCUT2D eigenvalue weighted by molar-refractivity contribution is 0.108. The van der Waals surface area contributed by atoms with Crippen molar-refractivity contribution in [3.8, 4) is 17.3 Å². The van der Waals surface area contributed by atoms with Gasteiger partial charge in [-0.05, 0) is 62.5 Å². The Morgan fingerprint density at radius 3 is 2.67 bits per heavy atom. The summed E-state index contributed by atoms with van der Waals surface area (Å²) >= 11 is 0. The summed E-state index contributed by atoms with van der Waals surface area (Å²) in [6.45, 7) is 3.17. The summed E-state index contributed by atoms with van der Waals surface area (Å²) in [5.74, 6) is -0.792. The van der Waals surface area contributed by atoms with Crippen LogP contribution in [0.1, 0.15) is 25.7 Å². The fourth-order valence-corrected chi connectivity index (χ4v) is 6.89. The van der Waals surface area contributed by atoms with Crippen LogP contribution in [0.15, 0.2) is 59.9 Å². The van der Waals surface area contributed by atoms with Gasteiger partial charge in [-0.15, -0.1) is 0 Å². The summed E-state index contributed by atoms with van der Waals surface area (Å²) in [6, 6.07) is 9.98. The summed E-state index contributed by atoms with van der Waals surface area (Å²) in [4.78, 5) is 22.6. The Bertz CT molecular complexity index is 1750. The van der Waals surface area contributed by atoms with Crippen molar-refractivity contribution in [1.82, 2.24) is 19.9 Å². The van der Waals surface area contributed by atoms with Crippen molar-refractivity contribution in [2.75, 3.05) is 44.2 Å². The number of hydrogen-bond acceptors (Lipinski definition) is 9. The van der Waals surface area contributed by atoms with E-state index in [0.29, 0.717) is 34.5 Å². The van der Waals surface area contributed by atoms with Gasteiger partial charge in [-0.3, -0.25) is 14.9 Å². The van der Waals surface area contributed by atoms with Gasteiger partial charge in [-0.1, -0.05) is 30.3 Å². The van der Waals surface area contributed by atoms with Gasteiger partial charge >= 0.3 is 6.01 Å². The molecule has 5 heterocycles. The van der Waals surface area contributed by atoms with Crippen LogP contribution in [0.4, 0.5) is 14.6 Å². The Hall–Kier alpha value is -4.22. The van der Waals surface area contributed by atoms with Gasteiger partial charge < -0.3 is 20.5 Å². The van der Waals surface area contributed by atoms with Crippen molar-refractivity contribution >= 4 is 33.2 Å². The number of rotatable bonds is 6. The van der Waals surface area contributed by atoms with E-state index in [0.717, 1.165) is 38.8 Å². The summed E-state index contributed by atoms with van der Waals surface area (Å²) in [5, 5.41) is 11.9. The predicted octanol–water partition coefficient (Wildman–Crippen LogP) is 4.22. The summed E-state index contributed by atoms with van der Waals surface area (Å²) in [7, 11) is 0. The number of ether oxygens (including phenoxy) is 1. The van der Waals surface area contributed by atoms with Gasteiger partial charge in [0.05, 0.1) is 35.8 Å². The minimum Gasteiger partial charge on any atom is -0.461 e. The lowest BCUT2D eigenvalue weighted by Gasteiger charge is -2.31. The molecule has 7 rings (SSSR count). The molecule has 0 saturated carbocycles. The van der Waals surface area contributed by atoms with E-state index in [1.165, 1.54) is 18.5 Å². The minimum atomic E-state index is -0.779. The Balaban J connectivity index is 1.37. The van der Waals surface area contributed by atoms with Crippen LogP contribution in [0.25, 0.3) is 32.9 Å². The van der Waals surface area contributed by atoms with E-state index >= 15 is 8.78 Å². The lowest BCUT2D eigenvalue weighted by atomic mass is 9.95. The molecule has 1 atom stereocenters. The maximum Gasteiger partial charge on any atom is 0.319 e. The molecule has 43 heavy (non-hydrogen) atoms. The van der Waals surface area contributed by atoms with E-state index in [1.807, 2.05) is 4.90 Å². The number of halogens is 2. The number of aromatic nitrogens is 3. The fourth-order valence-electron chi connectivity index (χ4n) is 6.89. The first kappa shape index (κ1) is 27.6. The summed E-state index contributed by atoms with van der Waals surface area (Å²) < 4.78 is 37.9. The van der Waals surface area contributed by atoms with Crippen LogP contribution in [-0.2, 0) is 0 Å². The third-order valence-electron chi connectivity index (χ3n) is 8.91. The molecule has 2 saturated heterocycles. The average molecular weight is 586 g/mol. The first-order chi connectivity index (χ1) is 21.0. The monoisotopic (exact) mass is 585 g/mol. The second-order valence-electron chi connectivity index (χ2n) is 11.6. The van der Waals surface area contributed by atoms with Crippen molar-refractivity contribution in [2.24, 2.45) is 10.7 Å². The van der Waals surface area contributed by atoms with E-state index in [-0.39, 0.29) is 47.8 Å². The van der Waals surface area contributed by atoms with Gasteiger partial charge in [-0.25, -0.2) is 8.78 Å². The third-order valence-corrected chi connectivity index (χ3v) is 8.91. The minimum absolute atomic E-state index is 0.0112. The van der Waals surface area contributed by atoms with E-state index in [1.54, 1.807) is 36.4 Å². The number of aliphatic imine (C=N–C) groups is 1. The number of benzene rings is 2. The first-order valence-corrected chi connectivity index (χ1v) is 14.7. The van der Waals surface area contributed by atoms with Crippen LogP contribution in [0.3, 0.4) is 0 Å². The maximum absolute atomic E-state index is 16.6. The molecule has 3 aliphatic heterocycles. The van der Waals surface area contributed by atoms with E-state index in [9.17, 15) is 5.11 Å². The highest BCUT2D eigenvalue weighted by Crippen LogP contribution is 2.40. The van der Waals surface area contributed by atoms with Crippen LogP contribution in [-0.4, -0.2) is 81.6 Å². The molecule has 222 valence electrons. The number of hydrogen-bond donors (Lipinski definition) is 2. The van der Waals surface area contributed by atoms with Crippen LogP contribution in [0.5, 0.6) is 6.01 Å². The number of aliphatic hydroxyl groups excluding tert-OH is 1. The molecular weight excluding hydrogens is 552 g/mol. The molecule has 3 aliphatic rings. The molecule has 0 spiro atoms. The third kappa shape index (κ3) is 4.96. The molecule has 9 nitrogen and oxygen atoms in total. The quantitative estimate of drug-likeness (QED) is 0.346. The molecule has 0 aliphatic carbocycles. The molecule has 2 fully saturated rings. The Labute approximate surface area is 247 Å². The van der Waals surface area contributed by atoms with Gasteiger partial charge in [0, 0.05) is 23.7 Å². The number of aliphatic hydroxyl groups is 1. The van der Waals surface area contributed by atoms with Gasteiger partial charge in [0.1, 0.15) is 29.5 Å². The molecule has 11 heteroatoms. The zero-order chi connectivity index (χ0) is 29.6. The van der Waals surface area contributed by atoms with E-state index in [4.69, 9.17) is 15.5 Å². The van der Waals surface area contributed by atoms with E-state index in [2.05, 4.69) is 19.9 Å². The fraction of sp³-hybridized carbons (Fsp3) is 0.375. The Kier molecular flexibility index (Phi) is 7.14. The highest BCUT2D eigenvalue weighted by Gasteiger charge is 2.45. The zero-order valence-electron chi connectivity index (χ0n) is 23.7. The molecule has 2 aromatic carbocycles. The van der Waals surface area contributed by atoms with Crippen LogP contribution >= 0.6 is 0 Å². The normalized spacial score (nSPS) is 20.6. The second-order valence-corrected chi connectivity index (χ2v) is 11.6. The molecule has 2 aromatic heterocycles. The molecule has 0 radical (unpaired) electrons. The first-order valence-electron chi connectivity index (χ1n) is 14.7. The van der Waals surface area contributed by atoms with Gasteiger partial charge in [0.2, 0.25) is 0 Å². The average Bonchev–Trinajstić information content (AvgIpc) is 3.53. The number of fused-ring (bicyclic) bond motifs is 3. The van der Waals surface area contributed by atoms with Gasteiger partial charge in [0.15, 0.2) is 5.82 Å². The molecular formula is C32H33F2N7O2. The number of anilines is 1. The highest BCUT2D eigenvalue weighted by molar-refractivity contribution is 6.01. The van der Waals surface area contributed by atoms with Crippen molar-refractivity contribution in [3.63, 3.8) is 0 Å². The number of β-amino-alcohol motifs (C(OH)–C–C–N with tert-alkyl or cyclic N) is 1. The lowest BCUT2D eigenvalue weighted by Crippen LogP contribution is -2.43. The standard InChI is InChI=1S/C32H33F2N7O2/c33-25-8-2-6-20-5-1-7-23(26(20)25)28-27(34)29-24(16-37-28)30(40-17-21(9-12-35)36-15-22(42)18-40)39-31(38-29)43-19-32-10-3-13-41(32)14-4-11-32/h1-2,5-9,12,16,22,42H,3-4,10-11,13-15,17-19,35H2. The summed E-state index contributed by atoms with van der Waals surface area (Å²) in [6.07, 6.45) is 8.09. The number of pyridine rings is 1. The van der Waals surface area contributed by atoms with Crippen LogP contribution < -0.4 is 15.4 Å². The number of nitrogens with zero attached hydrogens (tertiary/aromatic N) is 6. The van der Waals surface area contributed by atoms with Crippen molar-refractivity contribution in [2.45, 2.75) is 37.3 Å². The molecule has 0 bridgehead atoms. The number of nitrogens with two attached hydrogens (primary N) is 1. The predicted molar refractivity (Wildman–Crippen MR) is 162 cm³/mol. The van der Waals surface area contributed by atoms with Gasteiger partial charge in [0.25, 0.3) is 0 Å². The SMILES string of the molecule is NC=CC1=NCC(O)CN(c2nc(OCC34CCCN3CCC4)nc3c(F)c(-c4cccc5cccc(F)c45)ncc23)C1. The maximum atomic E-state index is 16.6. The Morgan fingerprint density at radius 2 is 1.88 bits per heavy atom. The van der Waals surface area contributed by atoms with Crippen molar-refractivity contribution < 1.29 is 18.6 Å². The second kappa shape index (κ2) is 11.1. The van der Waals surface area contributed by atoms with Crippen LogP contribution in [0, 0.1) is 11.6 Å². The van der Waals surface area contributed by atoms with Crippen molar-refractivity contribution in [1.29, 1.82) is 0 Å². The summed E-state index contributed by atoms with van der Waals surface area (Å²) in [5.41, 5.74) is 6.56. The van der Waals surface area contributed by atoms with Crippen molar-refractivity contribution in [3.05, 3.63) is 66.5 Å². The van der Waals surface area contributed by atoms with Crippen LogP contribution in [0.2, 0.25) is 0 Å². The molecule has 0 amide bonds. The molecule has 1 unspecified atom stereocenters. The van der Waals surface area contributed by atoms with Gasteiger partial charge in [-0.2, -0.15) is 9.97 Å². The molecule has 4 aromatic rings. The Morgan fingerprint density at radius 1 is 1.09 bits per heavy atom. The largest absolute Gasteiger partial charge is 0.461 e.